The van der Waals surface area contributed by atoms with Crippen molar-refractivity contribution in [3.05, 3.63) is 35.6 Å². The smallest absolute Gasteiger partial charge is 0.123 e. The standard InChI is InChI=1S/C11H16FN/c1-9(8-13(2)3)10-4-6-11(12)7-5-10/h4-7,9H,8H2,1-3H3/t9-/m1/s1. The summed E-state index contributed by atoms with van der Waals surface area (Å²) in [5.74, 6) is 0.288. The summed E-state index contributed by atoms with van der Waals surface area (Å²) in [4.78, 5) is 2.13. The van der Waals surface area contributed by atoms with Gasteiger partial charge in [-0.05, 0) is 37.7 Å². The average molecular weight is 181 g/mol. The highest BCUT2D eigenvalue weighted by atomic mass is 19.1. The van der Waals surface area contributed by atoms with Crippen LogP contribution in [0.15, 0.2) is 24.3 Å². The van der Waals surface area contributed by atoms with E-state index in [0.717, 1.165) is 6.54 Å². The quantitative estimate of drug-likeness (QED) is 0.692. The number of rotatable bonds is 3. The molecule has 1 rings (SSSR count). The predicted molar refractivity (Wildman–Crippen MR) is 53.4 cm³/mol. The van der Waals surface area contributed by atoms with E-state index in [4.69, 9.17) is 0 Å². The lowest BCUT2D eigenvalue weighted by atomic mass is 10.0. The van der Waals surface area contributed by atoms with E-state index in [1.807, 2.05) is 26.2 Å². The molecule has 0 saturated heterocycles. The zero-order chi connectivity index (χ0) is 9.84. The summed E-state index contributed by atoms with van der Waals surface area (Å²) >= 11 is 0. The van der Waals surface area contributed by atoms with Crippen LogP contribution in [-0.4, -0.2) is 25.5 Å². The molecule has 0 spiro atoms. The van der Waals surface area contributed by atoms with Crippen LogP contribution >= 0.6 is 0 Å². The highest BCUT2D eigenvalue weighted by molar-refractivity contribution is 5.19. The minimum absolute atomic E-state index is 0.166. The fourth-order valence-corrected chi connectivity index (χ4v) is 1.44. The molecule has 0 aliphatic carbocycles. The van der Waals surface area contributed by atoms with Gasteiger partial charge in [0.15, 0.2) is 0 Å². The molecule has 0 unspecified atom stereocenters. The molecule has 72 valence electrons. The maximum atomic E-state index is 12.6. The third-order valence-electron chi connectivity index (χ3n) is 2.08. The summed E-state index contributed by atoms with van der Waals surface area (Å²) in [6.07, 6.45) is 0. The number of halogens is 1. The van der Waals surface area contributed by atoms with Crippen molar-refractivity contribution >= 4 is 0 Å². The molecule has 13 heavy (non-hydrogen) atoms. The Labute approximate surface area is 79.2 Å². The number of nitrogens with zero attached hydrogens (tertiary/aromatic N) is 1. The second-order valence-corrected chi connectivity index (χ2v) is 3.71. The van der Waals surface area contributed by atoms with Crippen LogP contribution in [0.4, 0.5) is 4.39 Å². The minimum atomic E-state index is -0.166. The van der Waals surface area contributed by atoms with E-state index in [0.29, 0.717) is 5.92 Å². The first-order chi connectivity index (χ1) is 6.09. The number of likely N-dealkylation sites (N-methyl/N-ethyl adjacent to an activating group) is 1. The van der Waals surface area contributed by atoms with E-state index in [1.165, 1.54) is 17.7 Å². The minimum Gasteiger partial charge on any atom is -0.309 e. The van der Waals surface area contributed by atoms with Gasteiger partial charge < -0.3 is 4.90 Å². The van der Waals surface area contributed by atoms with Gasteiger partial charge in [-0.3, -0.25) is 0 Å². The molecule has 0 amide bonds. The topological polar surface area (TPSA) is 3.24 Å². The molecular weight excluding hydrogens is 165 g/mol. The first-order valence-corrected chi connectivity index (χ1v) is 4.50. The molecular formula is C11H16FN. The van der Waals surface area contributed by atoms with Crippen molar-refractivity contribution in [1.29, 1.82) is 0 Å². The highest BCUT2D eigenvalue weighted by Crippen LogP contribution is 2.15. The zero-order valence-corrected chi connectivity index (χ0v) is 8.42. The molecule has 2 heteroatoms. The van der Waals surface area contributed by atoms with Gasteiger partial charge in [-0.2, -0.15) is 0 Å². The van der Waals surface area contributed by atoms with Gasteiger partial charge >= 0.3 is 0 Å². The first-order valence-electron chi connectivity index (χ1n) is 4.50. The first kappa shape index (κ1) is 10.2. The van der Waals surface area contributed by atoms with Crippen LogP contribution in [0.3, 0.4) is 0 Å². The largest absolute Gasteiger partial charge is 0.309 e. The molecule has 0 aliphatic rings. The second kappa shape index (κ2) is 4.38. The van der Waals surface area contributed by atoms with Crippen molar-refractivity contribution in [1.82, 2.24) is 4.90 Å². The summed E-state index contributed by atoms with van der Waals surface area (Å²) in [6.45, 7) is 3.14. The lowest BCUT2D eigenvalue weighted by Gasteiger charge is -2.16. The van der Waals surface area contributed by atoms with Crippen molar-refractivity contribution in [2.24, 2.45) is 0 Å². The molecule has 1 aromatic carbocycles. The van der Waals surface area contributed by atoms with Gasteiger partial charge in [-0.15, -0.1) is 0 Å². The monoisotopic (exact) mass is 181 g/mol. The molecule has 0 fully saturated rings. The maximum absolute atomic E-state index is 12.6. The Kier molecular flexibility index (Phi) is 3.43. The van der Waals surface area contributed by atoms with Gasteiger partial charge in [-0.1, -0.05) is 19.1 Å². The lowest BCUT2D eigenvalue weighted by molar-refractivity contribution is 0.383. The van der Waals surface area contributed by atoms with E-state index < -0.39 is 0 Å². The van der Waals surface area contributed by atoms with Crippen molar-refractivity contribution in [2.45, 2.75) is 12.8 Å². The highest BCUT2D eigenvalue weighted by Gasteiger charge is 2.05. The van der Waals surface area contributed by atoms with Crippen molar-refractivity contribution in [3.8, 4) is 0 Å². The molecule has 0 aromatic heterocycles. The zero-order valence-electron chi connectivity index (χ0n) is 8.42. The molecule has 0 bridgehead atoms. The van der Waals surface area contributed by atoms with Crippen LogP contribution in [0, 0.1) is 5.82 Å². The van der Waals surface area contributed by atoms with Gasteiger partial charge in [0.1, 0.15) is 5.82 Å². The SMILES string of the molecule is C[C@H](CN(C)C)c1ccc(F)cc1. The second-order valence-electron chi connectivity index (χ2n) is 3.71. The lowest BCUT2D eigenvalue weighted by Crippen LogP contribution is -2.18. The van der Waals surface area contributed by atoms with Crippen molar-refractivity contribution in [3.63, 3.8) is 0 Å². The molecule has 0 radical (unpaired) electrons. The van der Waals surface area contributed by atoms with Crippen molar-refractivity contribution in [2.75, 3.05) is 20.6 Å². The van der Waals surface area contributed by atoms with Gasteiger partial charge in [0, 0.05) is 6.54 Å². The Morgan fingerprint density at radius 3 is 2.23 bits per heavy atom. The fraction of sp³-hybridized carbons (Fsp3) is 0.455. The Bertz CT molecular complexity index is 253. The van der Waals surface area contributed by atoms with Gasteiger partial charge in [0.2, 0.25) is 0 Å². The molecule has 1 nitrogen and oxygen atoms in total. The Hall–Kier alpha value is -0.890. The summed E-state index contributed by atoms with van der Waals surface area (Å²) in [5.41, 5.74) is 1.19. The number of hydrogen-bond donors (Lipinski definition) is 0. The number of benzene rings is 1. The molecule has 0 saturated carbocycles. The van der Waals surface area contributed by atoms with E-state index in [2.05, 4.69) is 11.8 Å². The third kappa shape index (κ3) is 3.15. The summed E-state index contributed by atoms with van der Waals surface area (Å²) < 4.78 is 12.6. The molecule has 0 aliphatic heterocycles. The van der Waals surface area contributed by atoms with Crippen LogP contribution in [0.1, 0.15) is 18.4 Å². The third-order valence-corrected chi connectivity index (χ3v) is 2.08. The van der Waals surface area contributed by atoms with Crippen LogP contribution in [0.5, 0.6) is 0 Å². The Balaban J connectivity index is 2.66. The molecule has 1 aromatic rings. The van der Waals surface area contributed by atoms with E-state index in [1.54, 1.807) is 0 Å². The van der Waals surface area contributed by atoms with Gasteiger partial charge in [-0.25, -0.2) is 4.39 Å². The average Bonchev–Trinajstić information content (AvgIpc) is 2.04. The summed E-state index contributed by atoms with van der Waals surface area (Å²) in [5, 5.41) is 0. The van der Waals surface area contributed by atoms with Crippen LogP contribution in [0.2, 0.25) is 0 Å². The summed E-state index contributed by atoms with van der Waals surface area (Å²) in [7, 11) is 4.08. The van der Waals surface area contributed by atoms with Crippen LogP contribution in [0.25, 0.3) is 0 Å². The fourth-order valence-electron chi connectivity index (χ4n) is 1.44. The van der Waals surface area contributed by atoms with E-state index in [9.17, 15) is 4.39 Å². The van der Waals surface area contributed by atoms with Crippen molar-refractivity contribution < 1.29 is 4.39 Å². The molecule has 1 atom stereocenters. The van der Waals surface area contributed by atoms with E-state index in [-0.39, 0.29) is 5.82 Å². The number of hydrogen-bond acceptors (Lipinski definition) is 1. The van der Waals surface area contributed by atoms with Gasteiger partial charge in [0.05, 0.1) is 0 Å². The van der Waals surface area contributed by atoms with Gasteiger partial charge in [0.25, 0.3) is 0 Å². The van der Waals surface area contributed by atoms with Crippen LogP contribution < -0.4 is 0 Å². The normalized spacial score (nSPS) is 13.3. The Morgan fingerprint density at radius 2 is 1.77 bits per heavy atom. The Morgan fingerprint density at radius 1 is 1.23 bits per heavy atom. The maximum Gasteiger partial charge on any atom is 0.123 e. The molecule has 0 heterocycles. The predicted octanol–water partition coefficient (Wildman–Crippen LogP) is 2.49. The van der Waals surface area contributed by atoms with Crippen LogP contribution in [-0.2, 0) is 0 Å². The molecule has 0 N–H and O–H groups in total. The summed E-state index contributed by atoms with van der Waals surface area (Å²) in [6, 6.07) is 6.73. The van der Waals surface area contributed by atoms with E-state index >= 15 is 0 Å².